The third kappa shape index (κ3) is 4.21. The summed E-state index contributed by atoms with van der Waals surface area (Å²) in [5.41, 5.74) is 3.83. The predicted octanol–water partition coefficient (Wildman–Crippen LogP) is 4.36. The lowest BCUT2D eigenvalue weighted by Gasteiger charge is -2.27. The number of anilines is 1. The Morgan fingerprint density at radius 2 is 1.60 bits per heavy atom. The van der Waals surface area contributed by atoms with Crippen LogP contribution in [-0.2, 0) is 6.54 Å². The van der Waals surface area contributed by atoms with Gasteiger partial charge in [0.2, 0.25) is 0 Å². The second kappa shape index (κ2) is 8.18. The zero-order valence-electron chi connectivity index (χ0n) is 14.7. The van der Waals surface area contributed by atoms with E-state index in [4.69, 9.17) is 0 Å². The van der Waals surface area contributed by atoms with Crippen LogP contribution in [-0.4, -0.2) is 11.7 Å². The number of aromatic hydroxyl groups is 1. The number of hydrogen-bond acceptors (Lipinski definition) is 2. The Morgan fingerprint density at radius 3 is 2.32 bits per heavy atom. The minimum absolute atomic E-state index is 0.376. The van der Waals surface area contributed by atoms with E-state index in [1.54, 1.807) is 6.07 Å². The molecular weight excluding hydrogens is 325 g/mol. The number of hydrogen-bond donors (Lipinski definition) is 1. The first-order valence-electron chi connectivity index (χ1n) is 8.62. The first-order chi connectivity index (χ1) is 12.2. The topological polar surface area (TPSA) is 23.5 Å². The summed E-state index contributed by atoms with van der Waals surface area (Å²) in [6, 6.07) is 24.7. The lowest BCUT2D eigenvalue weighted by Crippen LogP contribution is -2.27. The number of rotatable bonds is 6. The SMILES string of the molecule is CCN(Cc1ccccc1)c1cccc(C)c1Pc1ccccc1O. The Labute approximate surface area is 151 Å². The predicted molar refractivity (Wildman–Crippen MR) is 110 cm³/mol. The van der Waals surface area contributed by atoms with Gasteiger partial charge < -0.3 is 10.0 Å². The molecule has 3 aromatic carbocycles. The van der Waals surface area contributed by atoms with E-state index in [0.717, 1.165) is 18.4 Å². The highest BCUT2D eigenvalue weighted by Crippen LogP contribution is 2.27. The van der Waals surface area contributed by atoms with Crippen LogP contribution in [0.15, 0.2) is 72.8 Å². The molecule has 1 atom stereocenters. The zero-order valence-corrected chi connectivity index (χ0v) is 15.7. The fourth-order valence-electron chi connectivity index (χ4n) is 2.96. The molecule has 0 aliphatic heterocycles. The van der Waals surface area contributed by atoms with Crippen LogP contribution in [0.25, 0.3) is 0 Å². The first kappa shape index (κ1) is 17.5. The summed E-state index contributed by atoms with van der Waals surface area (Å²) < 4.78 is 0. The summed E-state index contributed by atoms with van der Waals surface area (Å²) in [7, 11) is 0.438. The van der Waals surface area contributed by atoms with Gasteiger partial charge in [-0.05, 0) is 37.1 Å². The number of phenols is 1. The minimum atomic E-state index is 0.376. The lowest BCUT2D eigenvalue weighted by molar-refractivity contribution is 0.480. The van der Waals surface area contributed by atoms with Crippen molar-refractivity contribution in [2.45, 2.75) is 20.4 Å². The molecule has 0 saturated carbocycles. The molecule has 0 bridgehead atoms. The van der Waals surface area contributed by atoms with Crippen LogP contribution in [0, 0.1) is 6.92 Å². The molecule has 3 aromatic rings. The maximum absolute atomic E-state index is 10.2. The second-order valence-corrected chi connectivity index (χ2v) is 7.40. The van der Waals surface area contributed by atoms with Crippen LogP contribution in [0.4, 0.5) is 5.69 Å². The average Bonchev–Trinajstić information content (AvgIpc) is 2.64. The standard InChI is InChI=1S/C22H24NOP/c1-3-23(16-18-11-5-4-6-12-18)19-13-9-10-17(2)22(19)25-21-15-8-7-14-20(21)24/h4-15,24-25H,3,16H2,1-2H3. The van der Waals surface area contributed by atoms with Gasteiger partial charge in [0.25, 0.3) is 0 Å². The van der Waals surface area contributed by atoms with Gasteiger partial charge in [-0.1, -0.05) is 69.2 Å². The van der Waals surface area contributed by atoms with Gasteiger partial charge in [-0.3, -0.25) is 0 Å². The van der Waals surface area contributed by atoms with E-state index in [0.29, 0.717) is 14.3 Å². The van der Waals surface area contributed by atoms with E-state index in [1.165, 1.54) is 22.1 Å². The highest BCUT2D eigenvalue weighted by molar-refractivity contribution is 7.56. The zero-order chi connectivity index (χ0) is 17.6. The highest BCUT2D eigenvalue weighted by atomic mass is 31.1. The Morgan fingerprint density at radius 1 is 0.880 bits per heavy atom. The van der Waals surface area contributed by atoms with Crippen LogP contribution >= 0.6 is 8.58 Å². The molecule has 25 heavy (non-hydrogen) atoms. The smallest absolute Gasteiger partial charge is 0.123 e. The fraction of sp³-hybridized carbons (Fsp3) is 0.182. The van der Waals surface area contributed by atoms with Gasteiger partial charge in [0.05, 0.1) is 0 Å². The molecule has 0 heterocycles. The maximum atomic E-state index is 10.2. The van der Waals surface area contributed by atoms with Crippen molar-refractivity contribution in [3.8, 4) is 5.75 Å². The fourth-order valence-corrected chi connectivity index (χ4v) is 4.27. The molecule has 0 radical (unpaired) electrons. The van der Waals surface area contributed by atoms with E-state index in [1.807, 2.05) is 18.2 Å². The van der Waals surface area contributed by atoms with Crippen LogP contribution in [0.3, 0.4) is 0 Å². The van der Waals surface area contributed by atoms with E-state index in [-0.39, 0.29) is 0 Å². The van der Waals surface area contributed by atoms with E-state index in [2.05, 4.69) is 67.3 Å². The molecule has 0 aliphatic carbocycles. The van der Waals surface area contributed by atoms with Crippen molar-refractivity contribution >= 4 is 24.9 Å². The number of para-hydroxylation sites is 1. The monoisotopic (exact) mass is 349 g/mol. The van der Waals surface area contributed by atoms with Crippen LogP contribution < -0.4 is 15.5 Å². The van der Waals surface area contributed by atoms with Gasteiger partial charge in [-0.15, -0.1) is 0 Å². The van der Waals surface area contributed by atoms with Crippen LogP contribution in [0.1, 0.15) is 18.1 Å². The van der Waals surface area contributed by atoms with Gasteiger partial charge in [0.1, 0.15) is 5.75 Å². The summed E-state index contributed by atoms with van der Waals surface area (Å²) in [6.07, 6.45) is 0. The molecule has 0 aromatic heterocycles. The van der Waals surface area contributed by atoms with Gasteiger partial charge >= 0.3 is 0 Å². The maximum Gasteiger partial charge on any atom is 0.123 e. The molecule has 3 heteroatoms. The summed E-state index contributed by atoms with van der Waals surface area (Å²) >= 11 is 0. The number of nitrogens with zero attached hydrogens (tertiary/aromatic N) is 1. The molecule has 2 nitrogen and oxygen atoms in total. The molecule has 1 unspecified atom stereocenters. The van der Waals surface area contributed by atoms with Gasteiger partial charge in [-0.25, -0.2) is 0 Å². The molecule has 3 rings (SSSR count). The summed E-state index contributed by atoms with van der Waals surface area (Å²) in [5.74, 6) is 0.376. The molecule has 0 amide bonds. The summed E-state index contributed by atoms with van der Waals surface area (Å²) in [4.78, 5) is 2.41. The third-order valence-corrected chi connectivity index (χ3v) is 5.95. The van der Waals surface area contributed by atoms with Crippen LogP contribution in [0.5, 0.6) is 5.75 Å². The van der Waals surface area contributed by atoms with Crippen molar-refractivity contribution < 1.29 is 5.11 Å². The molecule has 0 fully saturated rings. The van der Waals surface area contributed by atoms with Crippen molar-refractivity contribution in [3.05, 3.63) is 83.9 Å². The van der Waals surface area contributed by atoms with Crippen molar-refractivity contribution in [2.75, 3.05) is 11.4 Å². The lowest BCUT2D eigenvalue weighted by atomic mass is 10.1. The van der Waals surface area contributed by atoms with Crippen molar-refractivity contribution in [2.24, 2.45) is 0 Å². The molecule has 0 saturated heterocycles. The normalized spacial score (nSPS) is 11.1. The van der Waals surface area contributed by atoms with E-state index >= 15 is 0 Å². The van der Waals surface area contributed by atoms with Gasteiger partial charge in [0.15, 0.2) is 0 Å². The van der Waals surface area contributed by atoms with Crippen molar-refractivity contribution in [1.29, 1.82) is 0 Å². The second-order valence-electron chi connectivity index (χ2n) is 6.11. The van der Waals surface area contributed by atoms with Crippen molar-refractivity contribution in [1.82, 2.24) is 0 Å². The Bertz CT molecular complexity index is 832. The molecule has 0 spiro atoms. The summed E-state index contributed by atoms with van der Waals surface area (Å²) in [5, 5.41) is 12.5. The average molecular weight is 349 g/mol. The van der Waals surface area contributed by atoms with E-state index < -0.39 is 0 Å². The van der Waals surface area contributed by atoms with Crippen LogP contribution in [0.2, 0.25) is 0 Å². The molecular formula is C22H24NOP. The first-order valence-corrected chi connectivity index (χ1v) is 9.62. The highest BCUT2D eigenvalue weighted by Gasteiger charge is 2.14. The number of benzene rings is 3. The van der Waals surface area contributed by atoms with Crippen molar-refractivity contribution in [3.63, 3.8) is 0 Å². The quantitative estimate of drug-likeness (QED) is 0.669. The Hall–Kier alpha value is -2.31. The molecule has 128 valence electrons. The van der Waals surface area contributed by atoms with E-state index in [9.17, 15) is 5.11 Å². The van der Waals surface area contributed by atoms with Gasteiger partial charge in [0, 0.05) is 29.4 Å². The minimum Gasteiger partial charge on any atom is -0.507 e. The Kier molecular flexibility index (Phi) is 5.73. The Balaban J connectivity index is 1.95. The molecule has 1 N–H and O–H groups in total. The number of phenolic OH excluding ortho intramolecular Hbond substituents is 1. The summed E-state index contributed by atoms with van der Waals surface area (Å²) in [6.45, 7) is 6.18. The largest absolute Gasteiger partial charge is 0.507 e. The molecule has 0 aliphatic rings. The van der Waals surface area contributed by atoms with Gasteiger partial charge in [-0.2, -0.15) is 0 Å². The third-order valence-electron chi connectivity index (χ3n) is 4.35. The number of aryl methyl sites for hydroxylation is 1.